The summed E-state index contributed by atoms with van der Waals surface area (Å²) in [6.45, 7) is 0. The van der Waals surface area contributed by atoms with Gasteiger partial charge in [-0.1, -0.05) is 30.3 Å². The Morgan fingerprint density at radius 1 is 0.850 bits per heavy atom. The first-order valence-electron chi connectivity index (χ1n) is 6.68. The number of hydrogen-bond donors (Lipinski definition) is 1. The zero-order valence-electron chi connectivity index (χ0n) is 10.7. The van der Waals surface area contributed by atoms with E-state index in [-0.39, 0.29) is 0 Å². The lowest BCUT2D eigenvalue weighted by Gasteiger charge is -1.96. The SMILES string of the molecule is c1ccc2c(c1)nc1c3[nH]c4ccccc4c3ccn21. The highest BCUT2D eigenvalue weighted by atomic mass is 15.0. The molecule has 0 radical (unpaired) electrons. The van der Waals surface area contributed by atoms with E-state index in [0.29, 0.717) is 0 Å². The number of aromatic nitrogens is 3. The Morgan fingerprint density at radius 2 is 1.70 bits per heavy atom. The van der Waals surface area contributed by atoms with Crippen molar-refractivity contribution in [2.24, 2.45) is 0 Å². The summed E-state index contributed by atoms with van der Waals surface area (Å²) in [5.74, 6) is 0. The van der Waals surface area contributed by atoms with E-state index in [2.05, 4.69) is 58.0 Å². The van der Waals surface area contributed by atoms with Crippen molar-refractivity contribution in [3.8, 4) is 0 Å². The Morgan fingerprint density at radius 3 is 2.70 bits per heavy atom. The van der Waals surface area contributed by atoms with Crippen LogP contribution in [0, 0.1) is 0 Å². The van der Waals surface area contributed by atoms with Gasteiger partial charge in [0.2, 0.25) is 0 Å². The molecule has 0 atom stereocenters. The molecular weight excluding hydrogens is 246 g/mol. The van der Waals surface area contributed by atoms with Gasteiger partial charge in [-0.15, -0.1) is 0 Å². The zero-order chi connectivity index (χ0) is 13.1. The molecular formula is C17H11N3. The molecule has 0 amide bonds. The Hall–Kier alpha value is -2.81. The summed E-state index contributed by atoms with van der Waals surface area (Å²) in [6.07, 6.45) is 2.10. The molecule has 0 saturated heterocycles. The van der Waals surface area contributed by atoms with Crippen LogP contribution in [0.25, 0.3) is 38.5 Å². The molecule has 0 unspecified atom stereocenters. The molecule has 3 heteroatoms. The van der Waals surface area contributed by atoms with Gasteiger partial charge in [0.1, 0.15) is 0 Å². The lowest BCUT2D eigenvalue weighted by Crippen LogP contribution is -1.84. The van der Waals surface area contributed by atoms with Crippen LogP contribution in [0.2, 0.25) is 0 Å². The molecule has 1 N–H and O–H groups in total. The molecule has 0 aliphatic rings. The van der Waals surface area contributed by atoms with Crippen LogP contribution in [0.1, 0.15) is 0 Å². The van der Waals surface area contributed by atoms with Gasteiger partial charge in [0.25, 0.3) is 0 Å². The van der Waals surface area contributed by atoms with Crippen LogP contribution in [0.15, 0.2) is 60.8 Å². The summed E-state index contributed by atoms with van der Waals surface area (Å²) in [7, 11) is 0. The highest BCUT2D eigenvalue weighted by molar-refractivity contribution is 6.12. The molecule has 0 saturated carbocycles. The van der Waals surface area contributed by atoms with E-state index in [1.807, 2.05) is 12.1 Å². The fourth-order valence-electron chi connectivity index (χ4n) is 3.03. The largest absolute Gasteiger partial charge is 0.351 e. The minimum atomic E-state index is 0.986. The summed E-state index contributed by atoms with van der Waals surface area (Å²) in [5, 5.41) is 2.47. The Balaban J connectivity index is 2.10. The minimum absolute atomic E-state index is 0.986. The van der Waals surface area contributed by atoms with E-state index in [1.165, 1.54) is 10.8 Å². The lowest BCUT2D eigenvalue weighted by atomic mass is 10.2. The van der Waals surface area contributed by atoms with Crippen LogP contribution < -0.4 is 0 Å². The van der Waals surface area contributed by atoms with E-state index < -0.39 is 0 Å². The van der Waals surface area contributed by atoms with Crippen molar-refractivity contribution in [1.29, 1.82) is 0 Å². The smallest absolute Gasteiger partial charge is 0.162 e. The maximum Gasteiger partial charge on any atom is 0.162 e. The van der Waals surface area contributed by atoms with Gasteiger partial charge in [-0.05, 0) is 24.3 Å². The van der Waals surface area contributed by atoms with E-state index in [4.69, 9.17) is 4.98 Å². The number of H-pyrrole nitrogens is 1. The highest BCUT2D eigenvalue weighted by Crippen LogP contribution is 2.29. The number of rotatable bonds is 0. The maximum atomic E-state index is 4.77. The molecule has 0 bridgehead atoms. The van der Waals surface area contributed by atoms with Gasteiger partial charge >= 0.3 is 0 Å². The van der Waals surface area contributed by atoms with Gasteiger partial charge < -0.3 is 4.98 Å². The summed E-state index contributed by atoms with van der Waals surface area (Å²) in [6, 6.07) is 18.8. The second-order valence-corrected chi connectivity index (χ2v) is 5.07. The number of pyridine rings is 1. The van der Waals surface area contributed by atoms with Gasteiger partial charge in [-0.25, -0.2) is 4.98 Å². The summed E-state index contributed by atoms with van der Waals surface area (Å²) < 4.78 is 2.15. The van der Waals surface area contributed by atoms with Crippen LogP contribution in [0.3, 0.4) is 0 Å². The van der Waals surface area contributed by atoms with Crippen LogP contribution in [-0.4, -0.2) is 14.4 Å². The fraction of sp³-hybridized carbons (Fsp3) is 0. The van der Waals surface area contributed by atoms with Crippen molar-refractivity contribution in [2.75, 3.05) is 0 Å². The van der Waals surface area contributed by atoms with Gasteiger partial charge in [-0.3, -0.25) is 4.40 Å². The number of imidazole rings is 1. The van der Waals surface area contributed by atoms with E-state index in [0.717, 1.165) is 27.7 Å². The molecule has 5 rings (SSSR count). The number of benzene rings is 2. The zero-order valence-corrected chi connectivity index (χ0v) is 10.7. The minimum Gasteiger partial charge on any atom is -0.351 e. The monoisotopic (exact) mass is 257 g/mol. The molecule has 3 aromatic heterocycles. The first-order chi connectivity index (χ1) is 9.92. The summed E-state index contributed by atoms with van der Waals surface area (Å²) in [4.78, 5) is 8.27. The molecule has 20 heavy (non-hydrogen) atoms. The Bertz CT molecular complexity index is 1010. The lowest BCUT2D eigenvalue weighted by molar-refractivity contribution is 1.24. The van der Waals surface area contributed by atoms with Crippen LogP contribution in [0.4, 0.5) is 0 Å². The molecule has 5 aromatic rings. The second-order valence-electron chi connectivity index (χ2n) is 5.07. The van der Waals surface area contributed by atoms with E-state index >= 15 is 0 Å². The van der Waals surface area contributed by atoms with Crippen LogP contribution in [-0.2, 0) is 0 Å². The van der Waals surface area contributed by atoms with Gasteiger partial charge in [0.05, 0.1) is 16.6 Å². The summed E-state index contributed by atoms with van der Waals surface area (Å²) in [5.41, 5.74) is 5.41. The number of nitrogens with one attached hydrogen (secondary N) is 1. The topological polar surface area (TPSA) is 33.1 Å². The van der Waals surface area contributed by atoms with Crippen molar-refractivity contribution in [2.45, 2.75) is 0 Å². The standard InChI is InChI=1S/C17H11N3/c1-2-6-13-11(5-1)12-9-10-20-15-8-4-3-7-14(15)19-17(20)16(12)18-13/h1-10,18H. The predicted molar refractivity (Wildman–Crippen MR) is 82.1 cm³/mol. The normalized spacial score (nSPS) is 12.0. The quantitative estimate of drug-likeness (QED) is 0.444. The van der Waals surface area contributed by atoms with Crippen molar-refractivity contribution in [3.63, 3.8) is 0 Å². The molecule has 94 valence electrons. The molecule has 3 nitrogen and oxygen atoms in total. The number of para-hydroxylation sites is 3. The fourth-order valence-corrected chi connectivity index (χ4v) is 3.03. The number of hydrogen-bond acceptors (Lipinski definition) is 1. The molecule has 0 fully saturated rings. The average Bonchev–Trinajstić information content (AvgIpc) is 3.05. The first kappa shape index (κ1) is 10.0. The van der Waals surface area contributed by atoms with Gasteiger partial charge in [0, 0.05) is 22.5 Å². The van der Waals surface area contributed by atoms with Crippen LogP contribution >= 0.6 is 0 Å². The second kappa shape index (κ2) is 3.39. The average molecular weight is 257 g/mol. The van der Waals surface area contributed by atoms with Crippen molar-refractivity contribution in [1.82, 2.24) is 14.4 Å². The molecule has 0 spiro atoms. The molecule has 3 heterocycles. The van der Waals surface area contributed by atoms with Gasteiger partial charge in [0.15, 0.2) is 5.65 Å². The maximum absolute atomic E-state index is 4.77. The van der Waals surface area contributed by atoms with Gasteiger partial charge in [-0.2, -0.15) is 0 Å². The Kier molecular flexibility index (Phi) is 1.70. The number of nitrogens with zero attached hydrogens (tertiary/aromatic N) is 2. The van der Waals surface area contributed by atoms with Crippen molar-refractivity contribution in [3.05, 3.63) is 60.8 Å². The van der Waals surface area contributed by atoms with E-state index in [1.54, 1.807) is 0 Å². The summed E-state index contributed by atoms with van der Waals surface area (Å²) >= 11 is 0. The third-order valence-electron chi connectivity index (χ3n) is 3.96. The third-order valence-corrected chi connectivity index (χ3v) is 3.96. The van der Waals surface area contributed by atoms with Crippen molar-refractivity contribution < 1.29 is 0 Å². The molecule has 0 aliphatic heterocycles. The van der Waals surface area contributed by atoms with E-state index in [9.17, 15) is 0 Å². The highest BCUT2D eigenvalue weighted by Gasteiger charge is 2.11. The number of aromatic amines is 1. The van der Waals surface area contributed by atoms with Crippen molar-refractivity contribution >= 4 is 38.5 Å². The van der Waals surface area contributed by atoms with Crippen LogP contribution in [0.5, 0.6) is 0 Å². The first-order valence-corrected chi connectivity index (χ1v) is 6.68. The third kappa shape index (κ3) is 1.12. The number of fused-ring (bicyclic) bond motifs is 7. The molecule has 2 aromatic carbocycles. The molecule has 0 aliphatic carbocycles. The predicted octanol–water partition coefficient (Wildman–Crippen LogP) is 4.12. The Labute approximate surface area is 114 Å².